The zero-order valence-electron chi connectivity index (χ0n) is 14.8. The van der Waals surface area contributed by atoms with Gasteiger partial charge in [0.15, 0.2) is 5.11 Å². The minimum Gasteiger partial charge on any atom is -0.494 e. The Morgan fingerprint density at radius 3 is 2.58 bits per heavy atom. The summed E-state index contributed by atoms with van der Waals surface area (Å²) in [5, 5.41) is 5.96. The van der Waals surface area contributed by atoms with Crippen LogP contribution in [0, 0.1) is 3.57 Å². The molecule has 2 rings (SSSR count). The van der Waals surface area contributed by atoms with Crippen molar-refractivity contribution in [2.45, 2.75) is 32.6 Å². The smallest absolute Gasteiger partial charge is 0.257 e. The lowest BCUT2D eigenvalue weighted by Gasteiger charge is -2.11. The van der Waals surface area contributed by atoms with Crippen molar-refractivity contribution in [3.8, 4) is 5.75 Å². The van der Waals surface area contributed by atoms with E-state index in [1.54, 1.807) is 6.07 Å². The molecule has 2 N–H and O–H groups in total. The van der Waals surface area contributed by atoms with E-state index in [-0.39, 0.29) is 11.0 Å². The van der Waals surface area contributed by atoms with Crippen LogP contribution in [0.15, 0.2) is 48.5 Å². The van der Waals surface area contributed by atoms with E-state index < -0.39 is 0 Å². The molecule has 0 atom stereocenters. The molecule has 0 aliphatic carbocycles. The number of nitrogens with one attached hydrogen (secondary N) is 2. The standard InChI is InChI=1S/C20H23IN2O2S/c1-2-3-4-5-13-25-18-11-9-17(10-12-18)22-20(26)23-19(24)15-7-6-8-16(21)14-15/h6-12,14H,2-5,13H2,1H3,(H2,22,23,24,26). The first-order valence-electron chi connectivity index (χ1n) is 8.69. The van der Waals surface area contributed by atoms with Gasteiger partial charge >= 0.3 is 0 Å². The number of unbranched alkanes of at least 4 members (excludes halogenated alkanes) is 3. The highest BCUT2D eigenvalue weighted by Crippen LogP contribution is 2.16. The van der Waals surface area contributed by atoms with Gasteiger partial charge in [-0.25, -0.2) is 0 Å². The van der Waals surface area contributed by atoms with Crippen molar-refractivity contribution in [1.29, 1.82) is 0 Å². The van der Waals surface area contributed by atoms with E-state index in [1.807, 2.05) is 42.5 Å². The number of rotatable bonds is 8. The lowest BCUT2D eigenvalue weighted by molar-refractivity contribution is 0.0977. The van der Waals surface area contributed by atoms with Gasteiger partial charge in [0.25, 0.3) is 5.91 Å². The quantitative estimate of drug-likeness (QED) is 0.302. The lowest BCUT2D eigenvalue weighted by Crippen LogP contribution is -2.34. The minimum absolute atomic E-state index is 0.229. The van der Waals surface area contributed by atoms with E-state index in [2.05, 4.69) is 40.1 Å². The van der Waals surface area contributed by atoms with Gasteiger partial charge in [0.05, 0.1) is 6.61 Å². The summed E-state index contributed by atoms with van der Waals surface area (Å²) < 4.78 is 6.71. The Balaban J connectivity index is 1.79. The fourth-order valence-electron chi connectivity index (χ4n) is 2.32. The van der Waals surface area contributed by atoms with Gasteiger partial charge in [0, 0.05) is 14.8 Å². The number of amides is 1. The maximum atomic E-state index is 12.2. The minimum atomic E-state index is -0.229. The molecule has 0 fully saturated rings. The van der Waals surface area contributed by atoms with Gasteiger partial charge in [-0.1, -0.05) is 32.3 Å². The van der Waals surface area contributed by atoms with E-state index in [9.17, 15) is 4.79 Å². The first-order valence-corrected chi connectivity index (χ1v) is 10.2. The Bertz CT molecular complexity index is 735. The Morgan fingerprint density at radius 1 is 1.12 bits per heavy atom. The molecule has 0 saturated heterocycles. The number of thiocarbonyl (C=S) groups is 1. The van der Waals surface area contributed by atoms with Gasteiger partial charge in [0.1, 0.15) is 5.75 Å². The van der Waals surface area contributed by atoms with Crippen LogP contribution in [-0.2, 0) is 0 Å². The van der Waals surface area contributed by atoms with Crippen molar-refractivity contribution >= 4 is 51.5 Å². The maximum absolute atomic E-state index is 12.2. The van der Waals surface area contributed by atoms with E-state index in [1.165, 1.54) is 19.3 Å². The molecule has 138 valence electrons. The zero-order chi connectivity index (χ0) is 18.8. The molecule has 0 bridgehead atoms. The van der Waals surface area contributed by atoms with Crippen LogP contribution in [-0.4, -0.2) is 17.6 Å². The summed E-state index contributed by atoms with van der Waals surface area (Å²) in [4.78, 5) is 12.2. The summed E-state index contributed by atoms with van der Waals surface area (Å²) >= 11 is 7.38. The molecular formula is C20H23IN2O2S. The van der Waals surface area contributed by atoms with Crippen LogP contribution in [0.25, 0.3) is 0 Å². The summed E-state index contributed by atoms with van der Waals surface area (Å²) in [6.07, 6.45) is 4.74. The Kier molecular flexibility index (Phi) is 8.84. The third kappa shape index (κ3) is 7.29. The van der Waals surface area contributed by atoms with E-state index in [4.69, 9.17) is 17.0 Å². The second kappa shape index (κ2) is 11.1. The molecule has 0 saturated carbocycles. The Morgan fingerprint density at radius 2 is 1.88 bits per heavy atom. The van der Waals surface area contributed by atoms with Gasteiger partial charge in [-0.05, 0) is 83.7 Å². The number of halogens is 1. The molecule has 26 heavy (non-hydrogen) atoms. The lowest BCUT2D eigenvalue weighted by atomic mass is 10.2. The highest BCUT2D eigenvalue weighted by molar-refractivity contribution is 14.1. The molecule has 4 nitrogen and oxygen atoms in total. The van der Waals surface area contributed by atoms with Crippen LogP contribution in [0.2, 0.25) is 0 Å². The average Bonchev–Trinajstić information content (AvgIpc) is 2.63. The predicted octanol–water partition coefficient (Wildman–Crippen LogP) is 5.38. The third-order valence-corrected chi connectivity index (χ3v) is 4.57. The molecule has 0 heterocycles. The predicted molar refractivity (Wildman–Crippen MR) is 119 cm³/mol. The number of hydrogen-bond acceptors (Lipinski definition) is 3. The first-order chi connectivity index (χ1) is 12.6. The second-order valence-electron chi connectivity index (χ2n) is 5.85. The Labute approximate surface area is 173 Å². The molecule has 1 amide bonds. The first kappa shape index (κ1) is 20.6. The van der Waals surface area contributed by atoms with Crippen molar-refractivity contribution in [3.63, 3.8) is 0 Å². The average molecular weight is 482 g/mol. The SMILES string of the molecule is CCCCCCOc1ccc(NC(=S)NC(=O)c2cccc(I)c2)cc1. The zero-order valence-corrected chi connectivity index (χ0v) is 17.7. The normalized spacial score (nSPS) is 10.2. The summed E-state index contributed by atoms with van der Waals surface area (Å²) in [5.41, 5.74) is 1.38. The van der Waals surface area contributed by atoms with Gasteiger partial charge in [-0.2, -0.15) is 0 Å². The number of anilines is 1. The second-order valence-corrected chi connectivity index (χ2v) is 7.51. The Hall–Kier alpha value is -1.67. The molecule has 6 heteroatoms. The topological polar surface area (TPSA) is 50.4 Å². The van der Waals surface area contributed by atoms with Crippen LogP contribution in [0.4, 0.5) is 5.69 Å². The third-order valence-electron chi connectivity index (χ3n) is 3.69. The van der Waals surface area contributed by atoms with Crippen molar-refractivity contribution in [2.24, 2.45) is 0 Å². The number of carbonyl (C=O) groups excluding carboxylic acids is 1. The molecular weight excluding hydrogens is 459 g/mol. The van der Waals surface area contributed by atoms with E-state index in [0.29, 0.717) is 5.56 Å². The number of hydrogen-bond donors (Lipinski definition) is 2. The molecule has 0 unspecified atom stereocenters. The van der Waals surface area contributed by atoms with Gasteiger partial charge in [-0.15, -0.1) is 0 Å². The van der Waals surface area contributed by atoms with Crippen LogP contribution in [0.1, 0.15) is 43.0 Å². The molecule has 0 spiro atoms. The fraction of sp³-hybridized carbons (Fsp3) is 0.300. The summed E-state index contributed by atoms with van der Waals surface area (Å²) in [6, 6.07) is 14.9. The number of benzene rings is 2. The van der Waals surface area contributed by atoms with Crippen molar-refractivity contribution in [2.75, 3.05) is 11.9 Å². The van der Waals surface area contributed by atoms with Crippen LogP contribution < -0.4 is 15.4 Å². The molecule has 0 aromatic heterocycles. The molecule has 0 radical (unpaired) electrons. The van der Waals surface area contributed by atoms with Gasteiger partial charge < -0.3 is 10.1 Å². The fourth-order valence-corrected chi connectivity index (χ4v) is 3.07. The van der Waals surface area contributed by atoms with Gasteiger partial charge in [0.2, 0.25) is 0 Å². The van der Waals surface area contributed by atoms with Crippen LogP contribution >= 0.6 is 34.8 Å². The maximum Gasteiger partial charge on any atom is 0.257 e. The number of ether oxygens (including phenoxy) is 1. The molecule has 0 aliphatic heterocycles. The molecule has 2 aromatic carbocycles. The highest BCUT2D eigenvalue weighted by atomic mass is 127. The van der Waals surface area contributed by atoms with Crippen molar-refractivity contribution < 1.29 is 9.53 Å². The summed E-state index contributed by atoms with van der Waals surface area (Å²) in [7, 11) is 0. The number of carbonyl (C=O) groups is 1. The highest BCUT2D eigenvalue weighted by Gasteiger charge is 2.08. The molecule has 2 aromatic rings. The largest absolute Gasteiger partial charge is 0.494 e. The van der Waals surface area contributed by atoms with Crippen molar-refractivity contribution in [3.05, 3.63) is 57.7 Å². The monoisotopic (exact) mass is 482 g/mol. The summed E-state index contributed by atoms with van der Waals surface area (Å²) in [6.45, 7) is 2.93. The van der Waals surface area contributed by atoms with E-state index in [0.717, 1.165) is 28.0 Å². The van der Waals surface area contributed by atoms with E-state index >= 15 is 0 Å². The van der Waals surface area contributed by atoms with Crippen LogP contribution in [0.3, 0.4) is 0 Å². The summed E-state index contributed by atoms with van der Waals surface area (Å²) in [5.74, 6) is 0.605. The van der Waals surface area contributed by atoms with Crippen molar-refractivity contribution in [1.82, 2.24) is 5.32 Å². The van der Waals surface area contributed by atoms with Gasteiger partial charge in [-0.3, -0.25) is 10.1 Å². The van der Waals surface area contributed by atoms with Crippen LogP contribution in [0.5, 0.6) is 5.75 Å². The molecule has 0 aliphatic rings.